The smallest absolute Gasteiger partial charge is 0.159 e. The van der Waals surface area contributed by atoms with Crippen molar-refractivity contribution in [1.82, 2.24) is 4.57 Å². The van der Waals surface area contributed by atoms with Crippen molar-refractivity contribution in [2.75, 3.05) is 0 Å². The lowest BCUT2D eigenvalue weighted by molar-refractivity contribution is 0.666. The molecule has 3 nitrogen and oxygen atoms in total. The molecule has 0 aliphatic carbocycles. The third-order valence-corrected chi connectivity index (χ3v) is 9.21. The van der Waals surface area contributed by atoms with Gasteiger partial charge in [0.1, 0.15) is 16.7 Å². The number of furan rings is 2. The highest BCUT2D eigenvalue weighted by molar-refractivity contribution is 6.25. The first-order chi connectivity index (χ1) is 22.3. The quantitative estimate of drug-likeness (QED) is 0.210. The fraction of sp³-hybridized carbons (Fsp3) is 0. The van der Waals surface area contributed by atoms with Crippen LogP contribution in [0.4, 0.5) is 0 Å². The van der Waals surface area contributed by atoms with E-state index in [1.54, 1.807) is 0 Å². The fourth-order valence-electron chi connectivity index (χ4n) is 7.20. The third-order valence-electron chi connectivity index (χ3n) is 9.21. The number of fused-ring (bicyclic) bond motifs is 10. The maximum Gasteiger partial charge on any atom is 0.159 e. The highest BCUT2D eigenvalue weighted by Gasteiger charge is 2.22. The number of rotatable bonds is 3. The zero-order valence-electron chi connectivity index (χ0n) is 24.2. The van der Waals surface area contributed by atoms with Crippen molar-refractivity contribution in [2.24, 2.45) is 0 Å². The predicted octanol–water partition coefficient (Wildman–Crippen LogP) is 11.9. The largest absolute Gasteiger partial charge is 0.455 e. The molecule has 0 aliphatic rings. The Morgan fingerprint density at radius 3 is 1.96 bits per heavy atom. The number of benzene rings is 7. The highest BCUT2D eigenvalue weighted by atomic mass is 16.3. The monoisotopic (exact) mass is 575 g/mol. The molecule has 0 fully saturated rings. The van der Waals surface area contributed by atoms with Crippen molar-refractivity contribution in [1.29, 1.82) is 0 Å². The molecule has 0 saturated carbocycles. The first kappa shape index (κ1) is 24.4. The van der Waals surface area contributed by atoms with Crippen LogP contribution in [0.5, 0.6) is 0 Å². The number of para-hydroxylation sites is 4. The van der Waals surface area contributed by atoms with Gasteiger partial charge in [0, 0.05) is 32.5 Å². The van der Waals surface area contributed by atoms with Gasteiger partial charge in [-0.2, -0.15) is 0 Å². The lowest BCUT2D eigenvalue weighted by Crippen LogP contribution is -1.94. The zero-order chi connectivity index (χ0) is 29.5. The van der Waals surface area contributed by atoms with Crippen molar-refractivity contribution in [3.63, 3.8) is 0 Å². The van der Waals surface area contributed by atoms with Gasteiger partial charge in [0.25, 0.3) is 0 Å². The van der Waals surface area contributed by atoms with Gasteiger partial charge in [-0.15, -0.1) is 0 Å². The highest BCUT2D eigenvalue weighted by Crippen LogP contribution is 2.44. The molecule has 7 aromatic carbocycles. The summed E-state index contributed by atoms with van der Waals surface area (Å²) in [6.45, 7) is 0. The van der Waals surface area contributed by atoms with E-state index in [0.717, 1.165) is 82.5 Å². The Morgan fingerprint density at radius 1 is 0.378 bits per heavy atom. The first-order valence-electron chi connectivity index (χ1n) is 15.3. The normalized spacial score (nSPS) is 12.0. The minimum atomic E-state index is 0.881. The molecule has 210 valence electrons. The van der Waals surface area contributed by atoms with E-state index in [4.69, 9.17) is 8.83 Å². The molecule has 0 bridgehead atoms. The van der Waals surface area contributed by atoms with Crippen molar-refractivity contribution >= 4 is 65.7 Å². The van der Waals surface area contributed by atoms with E-state index in [-0.39, 0.29) is 0 Å². The first-order valence-corrected chi connectivity index (χ1v) is 15.3. The van der Waals surface area contributed by atoms with Crippen LogP contribution in [-0.4, -0.2) is 4.57 Å². The lowest BCUT2D eigenvalue weighted by Gasteiger charge is -2.08. The molecule has 0 radical (unpaired) electrons. The Hall–Kier alpha value is -6.06. The van der Waals surface area contributed by atoms with Gasteiger partial charge in [-0.25, -0.2) is 0 Å². The van der Waals surface area contributed by atoms with Gasteiger partial charge in [-0.1, -0.05) is 115 Å². The van der Waals surface area contributed by atoms with E-state index >= 15 is 0 Å². The number of aromatic nitrogens is 1. The van der Waals surface area contributed by atoms with Crippen molar-refractivity contribution in [3.8, 4) is 27.9 Å². The second kappa shape index (κ2) is 9.22. The molecule has 10 rings (SSSR count). The van der Waals surface area contributed by atoms with Crippen LogP contribution in [0.1, 0.15) is 0 Å². The summed E-state index contributed by atoms with van der Waals surface area (Å²) in [4.78, 5) is 0. The van der Waals surface area contributed by atoms with E-state index < -0.39 is 0 Å². The minimum absolute atomic E-state index is 0.881. The van der Waals surface area contributed by atoms with Gasteiger partial charge in [0.15, 0.2) is 5.58 Å². The molecule has 0 atom stereocenters. The second-order valence-electron chi connectivity index (χ2n) is 11.7. The fourth-order valence-corrected chi connectivity index (χ4v) is 7.20. The summed E-state index contributed by atoms with van der Waals surface area (Å²) >= 11 is 0. The summed E-state index contributed by atoms with van der Waals surface area (Å²) in [5.74, 6) is 0. The van der Waals surface area contributed by atoms with E-state index in [2.05, 4.69) is 144 Å². The Labute approximate surface area is 258 Å². The molecule has 45 heavy (non-hydrogen) atoms. The van der Waals surface area contributed by atoms with Crippen LogP contribution in [0.3, 0.4) is 0 Å². The van der Waals surface area contributed by atoms with E-state index in [1.165, 1.54) is 11.1 Å². The molecule has 0 saturated heterocycles. The molecule has 3 heterocycles. The van der Waals surface area contributed by atoms with Gasteiger partial charge >= 0.3 is 0 Å². The van der Waals surface area contributed by atoms with Crippen molar-refractivity contribution in [3.05, 3.63) is 152 Å². The molecule has 3 aromatic heterocycles. The zero-order valence-corrected chi connectivity index (χ0v) is 24.2. The van der Waals surface area contributed by atoms with Crippen molar-refractivity contribution < 1.29 is 8.83 Å². The summed E-state index contributed by atoms with van der Waals surface area (Å²) in [7, 11) is 0. The van der Waals surface area contributed by atoms with Gasteiger partial charge in [0.2, 0.25) is 0 Å². The second-order valence-corrected chi connectivity index (χ2v) is 11.7. The Balaban J connectivity index is 1.26. The van der Waals surface area contributed by atoms with Crippen LogP contribution in [0.2, 0.25) is 0 Å². The molecule has 3 heteroatoms. The van der Waals surface area contributed by atoms with Crippen LogP contribution in [0.15, 0.2) is 160 Å². The maximum absolute atomic E-state index is 6.95. The summed E-state index contributed by atoms with van der Waals surface area (Å²) in [5.41, 5.74) is 11.4. The average molecular weight is 576 g/mol. The van der Waals surface area contributed by atoms with Crippen LogP contribution in [0, 0.1) is 0 Å². The van der Waals surface area contributed by atoms with Crippen molar-refractivity contribution in [2.45, 2.75) is 0 Å². The Morgan fingerprint density at radius 2 is 1.04 bits per heavy atom. The van der Waals surface area contributed by atoms with Crippen LogP contribution >= 0.6 is 0 Å². The van der Waals surface area contributed by atoms with Gasteiger partial charge in [0.05, 0.1) is 22.1 Å². The van der Waals surface area contributed by atoms with Gasteiger partial charge < -0.3 is 13.4 Å². The predicted molar refractivity (Wildman–Crippen MR) is 186 cm³/mol. The molecular weight excluding hydrogens is 550 g/mol. The van der Waals surface area contributed by atoms with Crippen LogP contribution in [-0.2, 0) is 0 Å². The molecule has 0 unspecified atom stereocenters. The summed E-state index contributed by atoms with van der Waals surface area (Å²) < 4.78 is 15.8. The topological polar surface area (TPSA) is 31.2 Å². The SMILES string of the molecule is c1ccc(-c2cccc(-c3cccc4c3oc3c4ccc4c3c3ccccc3n4-c3cccc4c3oc3ccccc34)c2)cc1. The summed E-state index contributed by atoms with van der Waals surface area (Å²) in [6, 6.07) is 53.4. The number of hydrogen-bond acceptors (Lipinski definition) is 2. The summed E-state index contributed by atoms with van der Waals surface area (Å²) in [5, 5.41) is 6.73. The van der Waals surface area contributed by atoms with Crippen LogP contribution < -0.4 is 0 Å². The molecule has 0 aliphatic heterocycles. The van der Waals surface area contributed by atoms with Crippen LogP contribution in [0.25, 0.3) is 93.6 Å². The third kappa shape index (κ3) is 3.46. The Bertz CT molecular complexity index is 2760. The van der Waals surface area contributed by atoms with E-state index in [0.29, 0.717) is 0 Å². The standard InChI is InChI=1S/C42H25NO2/c1-2-11-26(12-3-1)27-13-8-14-28(25-27)29-17-9-18-32-33-23-24-36-39(42(33)45-40(29)32)34-16-4-6-20-35(34)43(36)37-21-10-19-31-30-15-5-7-22-38(30)44-41(31)37/h1-25H. The molecule has 0 N–H and O–H groups in total. The molecule has 0 spiro atoms. The maximum atomic E-state index is 6.95. The number of nitrogens with zero attached hydrogens (tertiary/aromatic N) is 1. The van der Waals surface area contributed by atoms with E-state index in [9.17, 15) is 0 Å². The van der Waals surface area contributed by atoms with E-state index in [1.807, 2.05) is 12.1 Å². The number of hydrogen-bond donors (Lipinski definition) is 0. The molecule has 10 aromatic rings. The molecule has 0 amide bonds. The van der Waals surface area contributed by atoms with Gasteiger partial charge in [-0.05, 0) is 53.1 Å². The Kier molecular flexibility index (Phi) is 5.00. The lowest BCUT2D eigenvalue weighted by atomic mass is 9.97. The summed E-state index contributed by atoms with van der Waals surface area (Å²) in [6.07, 6.45) is 0. The van der Waals surface area contributed by atoms with Gasteiger partial charge in [-0.3, -0.25) is 0 Å². The minimum Gasteiger partial charge on any atom is -0.455 e. The molecular formula is C42H25NO2. The average Bonchev–Trinajstić information content (AvgIpc) is 3.78.